The molecule has 0 aromatic carbocycles. The summed E-state index contributed by atoms with van der Waals surface area (Å²) < 4.78 is 0. The molecule has 4 nitrogen and oxygen atoms in total. The van der Waals surface area contributed by atoms with Crippen molar-refractivity contribution < 1.29 is 4.79 Å². The molecule has 0 spiro atoms. The fourth-order valence-electron chi connectivity index (χ4n) is 1.67. The summed E-state index contributed by atoms with van der Waals surface area (Å²) >= 11 is 0. The molecule has 4 heteroatoms. The summed E-state index contributed by atoms with van der Waals surface area (Å²) in [6.07, 6.45) is 0. The van der Waals surface area contributed by atoms with Gasteiger partial charge in [0, 0.05) is 24.7 Å². The van der Waals surface area contributed by atoms with Gasteiger partial charge >= 0.3 is 0 Å². The van der Waals surface area contributed by atoms with Gasteiger partial charge in [-0.3, -0.25) is 9.69 Å². The van der Waals surface area contributed by atoms with Gasteiger partial charge in [0.25, 0.3) is 0 Å². The van der Waals surface area contributed by atoms with Crippen LogP contribution in [0.4, 0.5) is 0 Å². The molecule has 0 saturated carbocycles. The third-order valence-electron chi connectivity index (χ3n) is 2.54. The lowest BCUT2D eigenvalue weighted by Crippen LogP contribution is -2.59. The Bertz CT molecular complexity index is 218. The first kappa shape index (κ1) is 12.5. The lowest BCUT2D eigenvalue weighted by atomic mass is 10.1. The second-order valence-corrected chi connectivity index (χ2v) is 5.17. The number of amides is 1. The first-order chi connectivity index (χ1) is 6.92. The van der Waals surface area contributed by atoms with E-state index in [1.807, 2.05) is 20.8 Å². The van der Waals surface area contributed by atoms with Gasteiger partial charge in [-0.25, -0.2) is 0 Å². The van der Waals surface area contributed by atoms with Crippen molar-refractivity contribution in [3.8, 4) is 0 Å². The highest BCUT2D eigenvalue weighted by atomic mass is 16.2. The lowest BCUT2D eigenvalue weighted by molar-refractivity contribution is -0.124. The van der Waals surface area contributed by atoms with E-state index in [-0.39, 0.29) is 11.4 Å². The van der Waals surface area contributed by atoms with E-state index in [2.05, 4.69) is 22.5 Å². The predicted molar refractivity (Wildman–Crippen MR) is 61.8 cm³/mol. The van der Waals surface area contributed by atoms with Crippen molar-refractivity contribution in [2.45, 2.75) is 39.3 Å². The predicted octanol–water partition coefficient (Wildman–Crippen LogP) is 0.195. The summed E-state index contributed by atoms with van der Waals surface area (Å²) in [6.45, 7) is 11.6. The Morgan fingerprint density at radius 3 is 2.40 bits per heavy atom. The molecule has 1 heterocycles. The Morgan fingerprint density at radius 1 is 1.47 bits per heavy atom. The summed E-state index contributed by atoms with van der Waals surface area (Å²) in [4.78, 5) is 13.9. The van der Waals surface area contributed by atoms with Crippen LogP contribution >= 0.6 is 0 Å². The summed E-state index contributed by atoms with van der Waals surface area (Å²) in [5, 5.41) is 6.21. The minimum absolute atomic E-state index is 0.122. The molecule has 15 heavy (non-hydrogen) atoms. The molecule has 0 aromatic rings. The summed E-state index contributed by atoms with van der Waals surface area (Å²) in [5.41, 5.74) is -0.131. The molecule has 1 aliphatic heterocycles. The highest BCUT2D eigenvalue weighted by molar-refractivity contribution is 5.78. The van der Waals surface area contributed by atoms with Crippen molar-refractivity contribution in [1.82, 2.24) is 15.5 Å². The number of carbonyl (C=O) groups is 1. The maximum Gasteiger partial charge on any atom is 0.234 e. The SMILES string of the molecule is CCN(CC(=O)NC(C)(C)C)C1CNC1. The van der Waals surface area contributed by atoms with Crippen LogP contribution in [-0.4, -0.2) is 48.6 Å². The molecule has 1 aliphatic rings. The third kappa shape index (κ3) is 4.18. The first-order valence-electron chi connectivity index (χ1n) is 5.68. The molecule has 0 aromatic heterocycles. The van der Waals surface area contributed by atoms with Crippen LogP contribution < -0.4 is 10.6 Å². The standard InChI is InChI=1S/C11H23N3O/c1-5-14(9-6-12-7-9)8-10(15)13-11(2,3)4/h9,12H,5-8H2,1-4H3,(H,13,15). The number of likely N-dealkylation sites (N-methyl/N-ethyl adjacent to an activating group) is 1. The maximum absolute atomic E-state index is 11.7. The second kappa shape index (κ2) is 4.94. The van der Waals surface area contributed by atoms with Gasteiger partial charge in [-0.15, -0.1) is 0 Å². The van der Waals surface area contributed by atoms with Crippen molar-refractivity contribution in [1.29, 1.82) is 0 Å². The van der Waals surface area contributed by atoms with Crippen LogP contribution in [0, 0.1) is 0 Å². The largest absolute Gasteiger partial charge is 0.350 e. The van der Waals surface area contributed by atoms with Crippen molar-refractivity contribution in [3.05, 3.63) is 0 Å². The molecule has 88 valence electrons. The zero-order valence-electron chi connectivity index (χ0n) is 10.3. The summed E-state index contributed by atoms with van der Waals surface area (Å²) in [7, 11) is 0. The van der Waals surface area contributed by atoms with Crippen LogP contribution in [0.1, 0.15) is 27.7 Å². The van der Waals surface area contributed by atoms with E-state index >= 15 is 0 Å². The van der Waals surface area contributed by atoms with Crippen LogP contribution in [0.3, 0.4) is 0 Å². The fraction of sp³-hybridized carbons (Fsp3) is 0.909. The highest BCUT2D eigenvalue weighted by Gasteiger charge is 2.25. The van der Waals surface area contributed by atoms with E-state index in [0.717, 1.165) is 19.6 Å². The van der Waals surface area contributed by atoms with Gasteiger partial charge in [0.2, 0.25) is 5.91 Å². The van der Waals surface area contributed by atoms with Gasteiger partial charge in [0.1, 0.15) is 0 Å². The zero-order chi connectivity index (χ0) is 11.5. The number of hydrogen-bond donors (Lipinski definition) is 2. The first-order valence-corrected chi connectivity index (χ1v) is 5.68. The summed E-state index contributed by atoms with van der Waals surface area (Å²) in [6, 6.07) is 0.542. The maximum atomic E-state index is 11.7. The van der Waals surface area contributed by atoms with Crippen LogP contribution in [0.5, 0.6) is 0 Å². The molecule has 1 amide bonds. The van der Waals surface area contributed by atoms with Crippen LogP contribution in [-0.2, 0) is 4.79 Å². The van der Waals surface area contributed by atoms with Gasteiger partial charge in [-0.05, 0) is 27.3 Å². The highest BCUT2D eigenvalue weighted by Crippen LogP contribution is 2.05. The van der Waals surface area contributed by atoms with Gasteiger partial charge < -0.3 is 10.6 Å². The fourth-order valence-corrected chi connectivity index (χ4v) is 1.67. The minimum atomic E-state index is -0.131. The third-order valence-corrected chi connectivity index (χ3v) is 2.54. The number of nitrogens with one attached hydrogen (secondary N) is 2. The molecule has 1 saturated heterocycles. The van der Waals surface area contributed by atoms with Crippen molar-refractivity contribution in [3.63, 3.8) is 0 Å². The van der Waals surface area contributed by atoms with Crippen LogP contribution in [0.2, 0.25) is 0 Å². The molecule has 0 unspecified atom stereocenters. The van der Waals surface area contributed by atoms with Gasteiger partial charge in [0.05, 0.1) is 6.54 Å². The molecule has 0 bridgehead atoms. The Labute approximate surface area is 92.4 Å². The molecule has 1 fully saturated rings. The van der Waals surface area contributed by atoms with Crippen molar-refractivity contribution >= 4 is 5.91 Å². The second-order valence-electron chi connectivity index (χ2n) is 5.17. The topological polar surface area (TPSA) is 44.4 Å². The molecular formula is C11H23N3O. The number of nitrogens with zero attached hydrogens (tertiary/aromatic N) is 1. The number of carbonyl (C=O) groups excluding carboxylic acids is 1. The lowest BCUT2D eigenvalue weighted by Gasteiger charge is -2.37. The smallest absolute Gasteiger partial charge is 0.234 e. The Kier molecular flexibility index (Phi) is 4.11. The number of hydrogen-bond acceptors (Lipinski definition) is 3. The van der Waals surface area contributed by atoms with E-state index in [9.17, 15) is 4.79 Å². The molecule has 1 rings (SSSR count). The average molecular weight is 213 g/mol. The van der Waals surface area contributed by atoms with Gasteiger partial charge in [-0.2, -0.15) is 0 Å². The van der Waals surface area contributed by atoms with Crippen molar-refractivity contribution in [2.24, 2.45) is 0 Å². The number of rotatable bonds is 4. The van der Waals surface area contributed by atoms with E-state index in [1.54, 1.807) is 0 Å². The van der Waals surface area contributed by atoms with E-state index in [4.69, 9.17) is 0 Å². The summed E-state index contributed by atoms with van der Waals surface area (Å²) in [5.74, 6) is 0.122. The molecule has 2 N–H and O–H groups in total. The monoisotopic (exact) mass is 213 g/mol. The quantitative estimate of drug-likeness (QED) is 0.701. The van der Waals surface area contributed by atoms with E-state index in [0.29, 0.717) is 12.6 Å². The van der Waals surface area contributed by atoms with E-state index in [1.165, 1.54) is 0 Å². The normalized spacial score (nSPS) is 17.7. The Morgan fingerprint density at radius 2 is 2.07 bits per heavy atom. The Hall–Kier alpha value is -0.610. The van der Waals surface area contributed by atoms with Gasteiger partial charge in [0.15, 0.2) is 0 Å². The van der Waals surface area contributed by atoms with E-state index < -0.39 is 0 Å². The molecule has 0 atom stereocenters. The average Bonchev–Trinajstić information content (AvgIpc) is 1.95. The van der Waals surface area contributed by atoms with Gasteiger partial charge in [-0.1, -0.05) is 6.92 Å². The van der Waals surface area contributed by atoms with Crippen molar-refractivity contribution in [2.75, 3.05) is 26.2 Å². The molecular weight excluding hydrogens is 190 g/mol. The van der Waals surface area contributed by atoms with Crippen LogP contribution in [0.25, 0.3) is 0 Å². The Balaban J connectivity index is 2.34. The minimum Gasteiger partial charge on any atom is -0.350 e. The molecule has 0 aliphatic carbocycles. The molecule has 0 radical (unpaired) electrons. The zero-order valence-corrected chi connectivity index (χ0v) is 10.3. The van der Waals surface area contributed by atoms with Crippen LogP contribution in [0.15, 0.2) is 0 Å².